The van der Waals surface area contributed by atoms with Crippen LogP contribution >= 0.6 is 0 Å². The number of ether oxygens (including phenoxy) is 1. The normalized spacial score (nSPS) is 9.53. The van der Waals surface area contributed by atoms with E-state index in [-0.39, 0.29) is 23.6 Å². The fraction of sp³-hybridized carbons (Fsp3) is 0.364. The number of esters is 1. The van der Waals surface area contributed by atoms with Crippen LogP contribution in [0.2, 0.25) is 0 Å². The van der Waals surface area contributed by atoms with Crippen LogP contribution in [0.15, 0.2) is 12.3 Å². The molecule has 19 heavy (non-hydrogen) atoms. The van der Waals surface area contributed by atoms with E-state index in [1.54, 1.807) is 13.0 Å². The first kappa shape index (κ1) is 14.4. The van der Waals surface area contributed by atoms with E-state index in [0.29, 0.717) is 6.54 Å². The molecule has 0 saturated carbocycles. The van der Waals surface area contributed by atoms with Gasteiger partial charge in [-0.05, 0) is 6.92 Å². The van der Waals surface area contributed by atoms with Crippen LogP contribution in [0, 0.1) is 21.4 Å². The molecule has 1 rings (SSSR count). The molecule has 0 fully saturated rings. The number of hydrogen-bond donors (Lipinski definition) is 0. The highest BCUT2D eigenvalue weighted by Crippen LogP contribution is 2.26. The van der Waals surface area contributed by atoms with Crippen molar-refractivity contribution < 1.29 is 14.5 Å². The second kappa shape index (κ2) is 6.30. The minimum Gasteiger partial charge on any atom is -0.468 e. The molecule has 0 radical (unpaired) electrons. The molecule has 0 spiro atoms. The van der Waals surface area contributed by atoms with Gasteiger partial charge in [-0.3, -0.25) is 14.9 Å². The van der Waals surface area contributed by atoms with Crippen LogP contribution in [0.25, 0.3) is 0 Å². The second-order valence-electron chi connectivity index (χ2n) is 3.53. The predicted molar refractivity (Wildman–Crippen MR) is 65.5 cm³/mol. The van der Waals surface area contributed by atoms with Gasteiger partial charge < -0.3 is 9.64 Å². The molecule has 100 valence electrons. The standard InChI is InChI=1S/C11H12N4O4/c1-3-14(7-10(16)19-2)11-9(15(17)18)4-8(5-12)6-13-11/h4,6H,3,7H2,1-2H3. The topological polar surface area (TPSA) is 109 Å². The minimum absolute atomic E-state index is 0.0388. The Kier molecular flexibility index (Phi) is 4.76. The third kappa shape index (κ3) is 3.38. The smallest absolute Gasteiger partial charge is 0.325 e. The Balaban J connectivity index is 3.20. The maximum atomic E-state index is 11.2. The number of carbonyl (C=O) groups is 1. The van der Waals surface area contributed by atoms with Gasteiger partial charge in [0.15, 0.2) is 0 Å². The summed E-state index contributed by atoms with van der Waals surface area (Å²) >= 11 is 0. The molecule has 1 aromatic rings. The predicted octanol–water partition coefficient (Wildman–Crippen LogP) is 0.861. The molecule has 0 aliphatic heterocycles. The van der Waals surface area contributed by atoms with E-state index in [2.05, 4.69) is 9.72 Å². The lowest BCUT2D eigenvalue weighted by molar-refractivity contribution is -0.384. The lowest BCUT2D eigenvalue weighted by Crippen LogP contribution is -2.31. The van der Waals surface area contributed by atoms with E-state index in [1.807, 2.05) is 0 Å². The van der Waals surface area contributed by atoms with Gasteiger partial charge in [-0.15, -0.1) is 0 Å². The Hall–Kier alpha value is -2.69. The third-order valence-corrected chi connectivity index (χ3v) is 2.40. The van der Waals surface area contributed by atoms with Crippen molar-refractivity contribution in [1.82, 2.24) is 4.98 Å². The summed E-state index contributed by atoms with van der Waals surface area (Å²) in [5.74, 6) is -0.487. The van der Waals surface area contributed by atoms with Crippen LogP contribution in [-0.2, 0) is 9.53 Å². The summed E-state index contributed by atoms with van der Waals surface area (Å²) in [7, 11) is 1.23. The first-order chi connectivity index (χ1) is 9.03. The zero-order valence-electron chi connectivity index (χ0n) is 10.5. The summed E-state index contributed by atoms with van der Waals surface area (Å²) in [6.45, 7) is 1.92. The second-order valence-corrected chi connectivity index (χ2v) is 3.53. The van der Waals surface area contributed by atoms with Crippen LogP contribution in [0.1, 0.15) is 12.5 Å². The van der Waals surface area contributed by atoms with Crippen molar-refractivity contribution in [3.63, 3.8) is 0 Å². The van der Waals surface area contributed by atoms with Crippen molar-refractivity contribution in [3.05, 3.63) is 27.9 Å². The number of methoxy groups -OCH3 is 1. The number of hydrogen-bond acceptors (Lipinski definition) is 7. The summed E-state index contributed by atoms with van der Waals surface area (Å²) in [6.07, 6.45) is 1.22. The fourth-order valence-corrected chi connectivity index (χ4v) is 1.44. The number of nitro groups is 1. The lowest BCUT2D eigenvalue weighted by Gasteiger charge is -2.19. The van der Waals surface area contributed by atoms with Gasteiger partial charge in [-0.1, -0.05) is 0 Å². The molecule has 1 heterocycles. The highest BCUT2D eigenvalue weighted by molar-refractivity contribution is 5.76. The molecule has 1 aromatic heterocycles. The fourth-order valence-electron chi connectivity index (χ4n) is 1.44. The molecule has 0 aromatic carbocycles. The molecule has 0 N–H and O–H groups in total. The maximum Gasteiger partial charge on any atom is 0.325 e. The van der Waals surface area contributed by atoms with Gasteiger partial charge in [0.25, 0.3) is 0 Å². The SMILES string of the molecule is CCN(CC(=O)OC)c1ncc(C#N)cc1[N+](=O)[O-]. The lowest BCUT2D eigenvalue weighted by atomic mass is 10.2. The van der Waals surface area contributed by atoms with Crippen molar-refractivity contribution in [2.45, 2.75) is 6.92 Å². The van der Waals surface area contributed by atoms with Gasteiger partial charge in [0, 0.05) is 18.8 Å². The van der Waals surface area contributed by atoms with Crippen LogP contribution in [0.5, 0.6) is 0 Å². The maximum absolute atomic E-state index is 11.2. The van der Waals surface area contributed by atoms with E-state index in [9.17, 15) is 14.9 Å². The van der Waals surface area contributed by atoms with Crippen LogP contribution in [0.4, 0.5) is 11.5 Å². The van der Waals surface area contributed by atoms with Gasteiger partial charge in [-0.25, -0.2) is 4.98 Å². The Morgan fingerprint density at radius 1 is 1.68 bits per heavy atom. The van der Waals surface area contributed by atoms with Crippen molar-refractivity contribution >= 4 is 17.5 Å². The molecule has 0 aliphatic carbocycles. The Morgan fingerprint density at radius 3 is 2.84 bits per heavy atom. The minimum atomic E-state index is -0.636. The Labute approximate surface area is 109 Å². The van der Waals surface area contributed by atoms with Crippen LogP contribution in [-0.4, -0.2) is 36.1 Å². The summed E-state index contributed by atoms with van der Waals surface area (Å²) in [5.41, 5.74) is -0.227. The van der Waals surface area contributed by atoms with E-state index in [1.165, 1.54) is 18.2 Å². The summed E-state index contributed by atoms with van der Waals surface area (Å²) in [6, 6.07) is 2.91. The van der Waals surface area contributed by atoms with E-state index in [0.717, 1.165) is 6.07 Å². The van der Waals surface area contributed by atoms with Gasteiger partial charge in [0.05, 0.1) is 17.6 Å². The molecule has 0 atom stereocenters. The zero-order chi connectivity index (χ0) is 14.4. The van der Waals surface area contributed by atoms with Gasteiger partial charge in [0.2, 0.25) is 5.82 Å². The molecule has 0 aliphatic rings. The Bertz CT molecular complexity index is 538. The van der Waals surface area contributed by atoms with Crippen LogP contribution < -0.4 is 4.90 Å². The summed E-state index contributed by atoms with van der Waals surface area (Å²) < 4.78 is 4.52. The van der Waals surface area contributed by atoms with Crippen molar-refractivity contribution in [2.24, 2.45) is 0 Å². The average molecular weight is 264 g/mol. The largest absolute Gasteiger partial charge is 0.468 e. The molecule has 0 unspecified atom stereocenters. The number of aromatic nitrogens is 1. The first-order valence-corrected chi connectivity index (χ1v) is 5.39. The molecule has 0 saturated heterocycles. The molecule has 0 bridgehead atoms. The monoisotopic (exact) mass is 264 g/mol. The van der Waals surface area contributed by atoms with E-state index >= 15 is 0 Å². The summed E-state index contributed by atoms with van der Waals surface area (Å²) in [5, 5.41) is 19.7. The highest BCUT2D eigenvalue weighted by Gasteiger charge is 2.23. The molecular weight excluding hydrogens is 252 g/mol. The molecular formula is C11H12N4O4. The number of nitrogens with zero attached hydrogens (tertiary/aromatic N) is 4. The third-order valence-electron chi connectivity index (χ3n) is 2.40. The van der Waals surface area contributed by atoms with Crippen molar-refractivity contribution in [2.75, 3.05) is 25.1 Å². The van der Waals surface area contributed by atoms with Crippen LogP contribution in [0.3, 0.4) is 0 Å². The van der Waals surface area contributed by atoms with Crippen molar-refractivity contribution in [3.8, 4) is 6.07 Å². The quantitative estimate of drug-likeness (QED) is 0.440. The molecule has 8 nitrogen and oxygen atoms in total. The average Bonchev–Trinajstić information content (AvgIpc) is 2.43. The number of likely N-dealkylation sites (N-methyl/N-ethyl adjacent to an activating group) is 1. The molecule has 8 heteroatoms. The van der Waals surface area contributed by atoms with Gasteiger partial charge >= 0.3 is 11.7 Å². The number of anilines is 1. The van der Waals surface area contributed by atoms with Gasteiger partial charge in [0.1, 0.15) is 12.6 Å². The highest BCUT2D eigenvalue weighted by atomic mass is 16.6. The first-order valence-electron chi connectivity index (χ1n) is 5.39. The summed E-state index contributed by atoms with van der Waals surface area (Å²) in [4.78, 5) is 26.9. The van der Waals surface area contributed by atoms with E-state index in [4.69, 9.17) is 5.26 Å². The number of pyridine rings is 1. The number of rotatable bonds is 5. The van der Waals surface area contributed by atoms with Crippen molar-refractivity contribution in [1.29, 1.82) is 5.26 Å². The number of nitriles is 1. The van der Waals surface area contributed by atoms with E-state index < -0.39 is 10.9 Å². The van der Waals surface area contributed by atoms with Gasteiger partial charge in [-0.2, -0.15) is 5.26 Å². The molecule has 0 amide bonds. The zero-order valence-corrected chi connectivity index (χ0v) is 10.5. The number of carbonyl (C=O) groups excluding carboxylic acids is 1. The Morgan fingerprint density at radius 2 is 2.37 bits per heavy atom.